The number of rotatable bonds is 4. The van der Waals surface area contributed by atoms with Gasteiger partial charge in [0, 0.05) is 26.2 Å². The second-order valence-electron chi connectivity index (χ2n) is 5.43. The average molecular weight is 375 g/mol. The summed E-state index contributed by atoms with van der Waals surface area (Å²) in [5.74, 6) is 3.01. The van der Waals surface area contributed by atoms with Crippen molar-refractivity contribution in [3.05, 3.63) is 15.1 Å². The molecule has 1 aromatic heterocycles. The molecular weight excluding hydrogens is 353 g/mol. The molecule has 2 rings (SSSR count). The molecule has 19 heavy (non-hydrogen) atoms. The second kappa shape index (κ2) is 6.83. The highest BCUT2D eigenvalue weighted by atomic mass is 127. The van der Waals surface area contributed by atoms with Crippen LogP contribution >= 0.6 is 22.6 Å². The summed E-state index contributed by atoms with van der Waals surface area (Å²) < 4.78 is 6.58. The smallest absolute Gasteiger partial charge is 0.143 e. The van der Waals surface area contributed by atoms with Crippen LogP contribution in [0.3, 0.4) is 0 Å². The maximum absolute atomic E-state index is 5.42. The molecule has 0 unspecified atom stereocenters. The standard InChI is InChI=1S/C14H22IN3O/c1-9(2)8-11-12(15)14(16-3)18-13(17-11)10-4-6-19-7-5-10/h9-10H,4-8H2,1-3H3,(H,16,17,18). The molecule has 1 aromatic rings. The number of halogens is 1. The number of nitrogens with one attached hydrogen (secondary N) is 1. The van der Waals surface area contributed by atoms with E-state index in [4.69, 9.17) is 14.7 Å². The van der Waals surface area contributed by atoms with Gasteiger partial charge in [0.2, 0.25) is 0 Å². The van der Waals surface area contributed by atoms with Gasteiger partial charge in [-0.1, -0.05) is 13.8 Å². The minimum absolute atomic E-state index is 0.448. The van der Waals surface area contributed by atoms with E-state index in [1.807, 2.05) is 7.05 Å². The van der Waals surface area contributed by atoms with E-state index in [2.05, 4.69) is 41.8 Å². The third kappa shape index (κ3) is 3.78. The van der Waals surface area contributed by atoms with Crippen molar-refractivity contribution in [2.75, 3.05) is 25.6 Å². The van der Waals surface area contributed by atoms with Crippen molar-refractivity contribution in [1.82, 2.24) is 9.97 Å². The minimum atomic E-state index is 0.448. The molecule has 1 N–H and O–H groups in total. The summed E-state index contributed by atoms with van der Waals surface area (Å²) in [6.07, 6.45) is 3.07. The quantitative estimate of drug-likeness (QED) is 0.821. The highest BCUT2D eigenvalue weighted by molar-refractivity contribution is 14.1. The lowest BCUT2D eigenvalue weighted by atomic mass is 9.99. The normalized spacial score (nSPS) is 16.9. The molecule has 1 aliphatic rings. The van der Waals surface area contributed by atoms with E-state index < -0.39 is 0 Å². The second-order valence-corrected chi connectivity index (χ2v) is 6.50. The molecule has 0 bridgehead atoms. The summed E-state index contributed by atoms with van der Waals surface area (Å²) in [6, 6.07) is 0. The zero-order chi connectivity index (χ0) is 13.8. The molecule has 106 valence electrons. The Labute approximate surface area is 128 Å². The highest BCUT2D eigenvalue weighted by Crippen LogP contribution is 2.28. The van der Waals surface area contributed by atoms with Crippen LogP contribution in [0.1, 0.15) is 44.1 Å². The molecule has 5 heteroatoms. The fourth-order valence-corrected chi connectivity index (χ4v) is 3.07. The van der Waals surface area contributed by atoms with Crippen LogP contribution in [0.5, 0.6) is 0 Å². The molecule has 0 amide bonds. The van der Waals surface area contributed by atoms with E-state index in [0.29, 0.717) is 11.8 Å². The lowest BCUT2D eigenvalue weighted by molar-refractivity contribution is 0.0835. The molecule has 2 heterocycles. The Morgan fingerprint density at radius 1 is 1.32 bits per heavy atom. The van der Waals surface area contributed by atoms with Gasteiger partial charge < -0.3 is 10.1 Å². The molecule has 0 aromatic carbocycles. The van der Waals surface area contributed by atoms with Gasteiger partial charge in [-0.15, -0.1) is 0 Å². The van der Waals surface area contributed by atoms with Crippen molar-refractivity contribution in [3.8, 4) is 0 Å². The predicted molar refractivity (Wildman–Crippen MR) is 85.6 cm³/mol. The van der Waals surface area contributed by atoms with Gasteiger partial charge in [-0.3, -0.25) is 0 Å². The van der Waals surface area contributed by atoms with E-state index >= 15 is 0 Å². The van der Waals surface area contributed by atoms with Crippen molar-refractivity contribution in [2.24, 2.45) is 5.92 Å². The Morgan fingerprint density at radius 2 is 2.00 bits per heavy atom. The van der Waals surface area contributed by atoms with E-state index in [1.54, 1.807) is 0 Å². The summed E-state index contributed by atoms with van der Waals surface area (Å²) >= 11 is 2.35. The number of hydrogen-bond donors (Lipinski definition) is 1. The first-order valence-electron chi connectivity index (χ1n) is 6.93. The van der Waals surface area contributed by atoms with Crippen LogP contribution in [0.4, 0.5) is 5.82 Å². The zero-order valence-corrected chi connectivity index (χ0v) is 14.0. The summed E-state index contributed by atoms with van der Waals surface area (Å²) in [6.45, 7) is 6.11. The topological polar surface area (TPSA) is 47.0 Å². The summed E-state index contributed by atoms with van der Waals surface area (Å²) in [7, 11) is 1.93. The van der Waals surface area contributed by atoms with Gasteiger partial charge in [-0.05, 0) is 47.8 Å². The first-order chi connectivity index (χ1) is 9.11. The zero-order valence-electron chi connectivity index (χ0n) is 11.9. The van der Waals surface area contributed by atoms with Gasteiger partial charge >= 0.3 is 0 Å². The number of nitrogens with zero attached hydrogens (tertiary/aromatic N) is 2. The van der Waals surface area contributed by atoms with Crippen LogP contribution in [0.25, 0.3) is 0 Å². The third-order valence-corrected chi connectivity index (χ3v) is 4.50. The molecule has 0 saturated carbocycles. The number of aromatic nitrogens is 2. The molecule has 1 saturated heterocycles. The monoisotopic (exact) mass is 375 g/mol. The highest BCUT2D eigenvalue weighted by Gasteiger charge is 2.21. The van der Waals surface area contributed by atoms with Crippen molar-refractivity contribution in [3.63, 3.8) is 0 Å². The Morgan fingerprint density at radius 3 is 2.58 bits per heavy atom. The van der Waals surface area contributed by atoms with Crippen LogP contribution in [0, 0.1) is 9.49 Å². The Hall–Kier alpha value is -0.430. The Bertz CT molecular complexity index is 431. The van der Waals surface area contributed by atoms with Gasteiger partial charge in [0.25, 0.3) is 0 Å². The predicted octanol–water partition coefficient (Wildman–Crippen LogP) is 3.22. The molecule has 0 radical (unpaired) electrons. The largest absolute Gasteiger partial charge is 0.381 e. The van der Waals surface area contributed by atoms with Crippen molar-refractivity contribution < 1.29 is 4.74 Å². The van der Waals surface area contributed by atoms with E-state index in [-0.39, 0.29) is 0 Å². The third-order valence-electron chi connectivity index (χ3n) is 3.36. The molecule has 1 aliphatic heterocycles. The van der Waals surface area contributed by atoms with Crippen LogP contribution in [-0.4, -0.2) is 30.2 Å². The maximum atomic E-state index is 5.42. The van der Waals surface area contributed by atoms with E-state index in [0.717, 1.165) is 47.7 Å². The number of hydrogen-bond acceptors (Lipinski definition) is 4. The summed E-state index contributed by atoms with van der Waals surface area (Å²) in [5, 5.41) is 3.20. The van der Waals surface area contributed by atoms with E-state index in [1.165, 1.54) is 5.69 Å². The van der Waals surface area contributed by atoms with Gasteiger partial charge in [0.05, 0.1) is 9.26 Å². The Balaban J connectivity index is 2.32. The van der Waals surface area contributed by atoms with Crippen LogP contribution in [0.2, 0.25) is 0 Å². The number of ether oxygens (including phenoxy) is 1. The maximum Gasteiger partial charge on any atom is 0.143 e. The summed E-state index contributed by atoms with van der Waals surface area (Å²) in [4.78, 5) is 9.53. The molecule has 0 atom stereocenters. The SMILES string of the molecule is CNc1nc(C2CCOCC2)nc(CC(C)C)c1I. The van der Waals surface area contributed by atoms with Gasteiger partial charge in [0.15, 0.2) is 0 Å². The van der Waals surface area contributed by atoms with E-state index in [9.17, 15) is 0 Å². The van der Waals surface area contributed by atoms with Crippen LogP contribution in [-0.2, 0) is 11.2 Å². The van der Waals surface area contributed by atoms with Gasteiger partial charge in [-0.2, -0.15) is 0 Å². The summed E-state index contributed by atoms with van der Waals surface area (Å²) in [5.41, 5.74) is 1.18. The molecule has 0 spiro atoms. The molecule has 4 nitrogen and oxygen atoms in total. The lowest BCUT2D eigenvalue weighted by Gasteiger charge is -2.22. The molecular formula is C14H22IN3O. The number of anilines is 1. The molecule has 1 fully saturated rings. The van der Waals surface area contributed by atoms with Gasteiger partial charge in [-0.25, -0.2) is 9.97 Å². The van der Waals surface area contributed by atoms with Crippen LogP contribution in [0.15, 0.2) is 0 Å². The first kappa shape index (κ1) is 15.0. The average Bonchev–Trinajstić information content (AvgIpc) is 2.41. The van der Waals surface area contributed by atoms with Gasteiger partial charge in [0.1, 0.15) is 11.6 Å². The fourth-order valence-electron chi connectivity index (χ4n) is 2.34. The van der Waals surface area contributed by atoms with Crippen molar-refractivity contribution in [1.29, 1.82) is 0 Å². The fraction of sp³-hybridized carbons (Fsp3) is 0.714. The first-order valence-corrected chi connectivity index (χ1v) is 8.01. The van der Waals surface area contributed by atoms with Crippen molar-refractivity contribution >= 4 is 28.4 Å². The van der Waals surface area contributed by atoms with Crippen molar-refractivity contribution in [2.45, 2.75) is 39.0 Å². The lowest BCUT2D eigenvalue weighted by Crippen LogP contribution is -2.18. The minimum Gasteiger partial charge on any atom is -0.381 e. The molecule has 0 aliphatic carbocycles. The Kier molecular flexibility index (Phi) is 5.38. The van der Waals surface area contributed by atoms with Crippen LogP contribution < -0.4 is 5.32 Å².